The van der Waals surface area contributed by atoms with Gasteiger partial charge in [-0.25, -0.2) is 0 Å². The summed E-state index contributed by atoms with van der Waals surface area (Å²) in [6.07, 6.45) is 9.19. The van der Waals surface area contributed by atoms with E-state index < -0.39 is 0 Å². The molecule has 5 aliphatic rings. The molecule has 0 amide bonds. The average molecular weight is 347 g/mol. The number of fused-ring (bicyclic) bond motifs is 3. The van der Waals surface area contributed by atoms with Gasteiger partial charge < -0.3 is 0 Å². The van der Waals surface area contributed by atoms with Crippen LogP contribution in [0.15, 0.2) is 0 Å². The smallest absolute Gasteiger partial charge is 0.133 e. The Labute approximate surface area is 149 Å². The molecule has 0 radical (unpaired) electrons. The molecule has 24 heavy (non-hydrogen) atoms. The van der Waals surface area contributed by atoms with Crippen LogP contribution in [0.25, 0.3) is 0 Å². The molecular formula is C21H30O2S. The van der Waals surface area contributed by atoms with Gasteiger partial charge in [-0.1, -0.05) is 6.92 Å². The van der Waals surface area contributed by atoms with Crippen molar-refractivity contribution in [2.75, 3.05) is 5.75 Å². The van der Waals surface area contributed by atoms with Crippen LogP contribution in [0.2, 0.25) is 0 Å². The van der Waals surface area contributed by atoms with E-state index in [0.717, 1.165) is 42.3 Å². The lowest BCUT2D eigenvalue weighted by molar-refractivity contribution is -0.139. The summed E-state index contributed by atoms with van der Waals surface area (Å²) in [4.78, 5) is 24.3. The standard InChI is InChI=1S/C21H30O2S/c1-12(22)15-3-4-16-14-10-19-18-9-13(23)5-8-21(18,11-24-19)17(14)6-7-20(15,16)2/h14-19H,3-11H2,1-2H3/t14?,15?,16?,17?,18-,19+,20-,21+/m1/s1. The Bertz CT molecular complexity index is 601. The molecule has 2 bridgehead atoms. The van der Waals surface area contributed by atoms with Gasteiger partial charge >= 0.3 is 0 Å². The summed E-state index contributed by atoms with van der Waals surface area (Å²) >= 11 is 2.20. The van der Waals surface area contributed by atoms with Crippen molar-refractivity contribution in [3.8, 4) is 0 Å². The van der Waals surface area contributed by atoms with E-state index in [1.807, 2.05) is 6.92 Å². The van der Waals surface area contributed by atoms with Crippen molar-refractivity contribution >= 4 is 23.3 Å². The summed E-state index contributed by atoms with van der Waals surface area (Å²) in [5.74, 6) is 5.71. The van der Waals surface area contributed by atoms with Gasteiger partial charge in [0.25, 0.3) is 0 Å². The highest BCUT2D eigenvalue weighted by atomic mass is 32.2. The van der Waals surface area contributed by atoms with E-state index in [2.05, 4.69) is 18.7 Å². The molecule has 4 saturated carbocycles. The van der Waals surface area contributed by atoms with Crippen LogP contribution in [-0.4, -0.2) is 22.6 Å². The molecule has 0 aromatic heterocycles. The van der Waals surface area contributed by atoms with Crippen LogP contribution in [0, 0.1) is 40.4 Å². The molecule has 5 rings (SSSR count). The van der Waals surface area contributed by atoms with Gasteiger partial charge in [-0.15, -0.1) is 0 Å². The van der Waals surface area contributed by atoms with Gasteiger partial charge in [-0.3, -0.25) is 9.59 Å². The monoisotopic (exact) mass is 346 g/mol. The molecule has 4 unspecified atom stereocenters. The third kappa shape index (κ3) is 1.86. The molecule has 2 nitrogen and oxygen atoms in total. The molecule has 8 atom stereocenters. The molecule has 1 aliphatic heterocycles. The van der Waals surface area contributed by atoms with Gasteiger partial charge in [-0.2, -0.15) is 11.8 Å². The first-order valence-corrected chi connectivity index (χ1v) is 11.1. The summed E-state index contributed by atoms with van der Waals surface area (Å²) < 4.78 is 0. The van der Waals surface area contributed by atoms with Crippen LogP contribution in [0.3, 0.4) is 0 Å². The zero-order valence-electron chi connectivity index (χ0n) is 15.1. The second-order valence-corrected chi connectivity index (χ2v) is 11.1. The Morgan fingerprint density at radius 1 is 1.12 bits per heavy atom. The first kappa shape index (κ1) is 15.9. The maximum atomic E-state index is 12.2. The summed E-state index contributed by atoms with van der Waals surface area (Å²) in [5.41, 5.74) is 0.743. The van der Waals surface area contributed by atoms with Crippen molar-refractivity contribution < 1.29 is 9.59 Å². The minimum absolute atomic E-state index is 0.269. The largest absolute Gasteiger partial charge is 0.300 e. The summed E-state index contributed by atoms with van der Waals surface area (Å²) in [6.45, 7) is 4.27. The summed E-state index contributed by atoms with van der Waals surface area (Å²) in [7, 11) is 0. The maximum Gasteiger partial charge on any atom is 0.133 e. The molecule has 4 aliphatic carbocycles. The number of carbonyl (C=O) groups excluding carboxylic acids is 2. The first-order chi connectivity index (χ1) is 11.5. The normalized spacial score (nSPS) is 55.7. The van der Waals surface area contributed by atoms with Crippen LogP contribution < -0.4 is 0 Å². The zero-order chi connectivity index (χ0) is 16.7. The molecule has 132 valence electrons. The van der Waals surface area contributed by atoms with Crippen molar-refractivity contribution in [2.45, 2.75) is 70.5 Å². The van der Waals surface area contributed by atoms with Gasteiger partial charge in [0.05, 0.1) is 0 Å². The quantitative estimate of drug-likeness (QED) is 0.700. The topological polar surface area (TPSA) is 34.1 Å². The van der Waals surface area contributed by atoms with Crippen molar-refractivity contribution in [3.63, 3.8) is 0 Å². The Morgan fingerprint density at radius 3 is 2.75 bits per heavy atom. The maximum absolute atomic E-state index is 12.2. The third-order valence-electron chi connectivity index (χ3n) is 9.24. The SMILES string of the molecule is CC(=O)C1CCC2C3C[C@@H]4SC[C@@]5(CCC(=O)C[C@H]45)C3CC[C@]12C. The number of carbonyl (C=O) groups is 2. The molecule has 0 aromatic rings. The molecule has 5 fully saturated rings. The van der Waals surface area contributed by atoms with Crippen LogP contribution >= 0.6 is 11.8 Å². The van der Waals surface area contributed by atoms with Crippen molar-refractivity contribution in [3.05, 3.63) is 0 Å². The van der Waals surface area contributed by atoms with Crippen LogP contribution in [0.4, 0.5) is 0 Å². The van der Waals surface area contributed by atoms with Crippen LogP contribution in [0.1, 0.15) is 65.2 Å². The lowest BCUT2D eigenvalue weighted by Gasteiger charge is -2.59. The highest BCUT2D eigenvalue weighted by molar-refractivity contribution is 8.00. The minimum Gasteiger partial charge on any atom is -0.300 e. The van der Waals surface area contributed by atoms with Gasteiger partial charge in [0.2, 0.25) is 0 Å². The van der Waals surface area contributed by atoms with E-state index in [9.17, 15) is 9.59 Å². The average Bonchev–Trinajstić information content (AvgIpc) is 3.02. The third-order valence-corrected chi connectivity index (χ3v) is 10.9. The number of rotatable bonds is 1. The molecule has 0 aromatic carbocycles. The predicted octanol–water partition coefficient (Wildman–Crippen LogP) is 4.51. The van der Waals surface area contributed by atoms with Crippen LogP contribution in [-0.2, 0) is 9.59 Å². The molecule has 1 saturated heterocycles. The molecule has 1 heterocycles. The van der Waals surface area contributed by atoms with E-state index in [1.165, 1.54) is 37.9 Å². The van der Waals surface area contributed by atoms with E-state index in [0.29, 0.717) is 28.8 Å². The van der Waals surface area contributed by atoms with Gasteiger partial charge in [-0.05, 0) is 85.7 Å². The van der Waals surface area contributed by atoms with Crippen molar-refractivity contribution in [1.29, 1.82) is 0 Å². The lowest BCUT2D eigenvalue weighted by atomic mass is 9.44. The lowest BCUT2D eigenvalue weighted by Crippen LogP contribution is -2.56. The highest BCUT2D eigenvalue weighted by Crippen LogP contribution is 2.71. The van der Waals surface area contributed by atoms with E-state index in [-0.39, 0.29) is 5.41 Å². The van der Waals surface area contributed by atoms with E-state index in [4.69, 9.17) is 0 Å². The van der Waals surface area contributed by atoms with Crippen molar-refractivity contribution in [2.24, 2.45) is 40.4 Å². The van der Waals surface area contributed by atoms with E-state index in [1.54, 1.807) is 0 Å². The summed E-state index contributed by atoms with van der Waals surface area (Å²) in [5, 5.41) is 0.731. The summed E-state index contributed by atoms with van der Waals surface area (Å²) in [6, 6.07) is 0. The van der Waals surface area contributed by atoms with Crippen LogP contribution in [0.5, 0.6) is 0 Å². The zero-order valence-corrected chi connectivity index (χ0v) is 15.9. The Kier molecular flexibility index (Phi) is 3.39. The molecule has 0 N–H and O–H groups in total. The Hall–Kier alpha value is -0.310. The number of hydrogen-bond donors (Lipinski definition) is 0. The van der Waals surface area contributed by atoms with Gasteiger partial charge in [0.1, 0.15) is 11.6 Å². The fourth-order valence-electron chi connectivity index (χ4n) is 8.23. The fourth-order valence-corrected chi connectivity index (χ4v) is 10.3. The molecular weight excluding hydrogens is 316 g/mol. The van der Waals surface area contributed by atoms with Gasteiger partial charge in [0.15, 0.2) is 0 Å². The van der Waals surface area contributed by atoms with E-state index >= 15 is 0 Å². The minimum atomic E-state index is 0.269. The second kappa shape index (κ2) is 5.11. The number of hydrogen-bond acceptors (Lipinski definition) is 3. The molecule has 3 heteroatoms. The fraction of sp³-hybridized carbons (Fsp3) is 0.905. The number of ketones is 2. The number of thioether (sulfide) groups is 1. The highest BCUT2D eigenvalue weighted by Gasteiger charge is 2.66. The first-order valence-electron chi connectivity index (χ1n) is 10.1. The number of Topliss-reactive ketones (excluding diaryl/α,β-unsaturated/α-hetero) is 2. The molecule has 0 spiro atoms. The van der Waals surface area contributed by atoms with Crippen molar-refractivity contribution in [1.82, 2.24) is 0 Å². The Morgan fingerprint density at radius 2 is 1.96 bits per heavy atom. The predicted molar refractivity (Wildman–Crippen MR) is 96.9 cm³/mol. The van der Waals surface area contributed by atoms with Gasteiger partial charge in [0, 0.05) is 24.0 Å². The Balaban J connectivity index is 1.50. The second-order valence-electron chi connectivity index (χ2n) is 9.83.